The van der Waals surface area contributed by atoms with E-state index in [1.54, 1.807) is 6.92 Å². The van der Waals surface area contributed by atoms with Gasteiger partial charge in [0.1, 0.15) is 4.88 Å². The highest BCUT2D eigenvalue weighted by molar-refractivity contribution is 7.89. The van der Waals surface area contributed by atoms with Crippen LogP contribution >= 0.6 is 11.3 Å². The lowest BCUT2D eigenvalue weighted by atomic mass is 9.94. The maximum Gasteiger partial charge on any atom is 0.345 e. The number of piperidine rings is 1. The molecule has 1 aromatic rings. The molecule has 20 heavy (non-hydrogen) atoms. The van der Waals surface area contributed by atoms with Crippen LogP contribution in [0.2, 0.25) is 0 Å². The fourth-order valence-corrected chi connectivity index (χ4v) is 5.76. The van der Waals surface area contributed by atoms with Crippen molar-refractivity contribution in [3.8, 4) is 0 Å². The molecule has 0 bridgehead atoms. The summed E-state index contributed by atoms with van der Waals surface area (Å²) in [6, 6.07) is 1.23. The Hall–Kier alpha value is -0.920. The number of carboxylic acid groups (broad SMARTS) is 1. The first kappa shape index (κ1) is 15.5. The van der Waals surface area contributed by atoms with Gasteiger partial charge in [0.15, 0.2) is 0 Å². The molecular formula is C13H19NO4S2. The quantitative estimate of drug-likeness (QED) is 0.929. The maximum atomic E-state index is 12.7. The van der Waals surface area contributed by atoms with Gasteiger partial charge in [-0.05, 0) is 38.7 Å². The molecule has 1 saturated heterocycles. The number of hydrogen-bond acceptors (Lipinski definition) is 4. The van der Waals surface area contributed by atoms with Crippen LogP contribution in [0.5, 0.6) is 0 Å². The number of carbonyl (C=O) groups is 1. The summed E-state index contributed by atoms with van der Waals surface area (Å²) >= 11 is 1.01. The topological polar surface area (TPSA) is 74.7 Å². The Morgan fingerprint density at radius 1 is 1.45 bits per heavy atom. The van der Waals surface area contributed by atoms with Gasteiger partial charge in [0.25, 0.3) is 0 Å². The minimum atomic E-state index is -3.61. The molecule has 0 aromatic carbocycles. The summed E-state index contributed by atoms with van der Waals surface area (Å²) in [6.07, 6.45) is 1.87. The fraction of sp³-hybridized carbons (Fsp3) is 0.615. The fourth-order valence-electron chi connectivity index (χ4n) is 2.59. The van der Waals surface area contributed by atoms with E-state index in [9.17, 15) is 13.2 Å². The molecule has 112 valence electrons. The van der Waals surface area contributed by atoms with Crippen molar-refractivity contribution < 1.29 is 18.3 Å². The molecule has 0 radical (unpaired) electrons. The van der Waals surface area contributed by atoms with Crippen molar-refractivity contribution in [3.63, 3.8) is 0 Å². The van der Waals surface area contributed by atoms with Gasteiger partial charge in [0.05, 0.1) is 4.90 Å². The summed E-state index contributed by atoms with van der Waals surface area (Å²) in [4.78, 5) is 11.7. The van der Waals surface area contributed by atoms with Gasteiger partial charge in [-0.2, -0.15) is 4.31 Å². The van der Waals surface area contributed by atoms with Gasteiger partial charge in [-0.15, -0.1) is 11.3 Å². The van der Waals surface area contributed by atoms with E-state index in [2.05, 4.69) is 6.92 Å². The molecule has 0 saturated carbocycles. The zero-order chi connectivity index (χ0) is 15.1. The van der Waals surface area contributed by atoms with Crippen LogP contribution in [-0.2, 0) is 10.0 Å². The smallest absolute Gasteiger partial charge is 0.345 e. The van der Waals surface area contributed by atoms with E-state index >= 15 is 0 Å². The molecule has 0 spiro atoms. The summed E-state index contributed by atoms with van der Waals surface area (Å²) in [7, 11) is -3.61. The average molecular weight is 317 g/mol. The van der Waals surface area contributed by atoms with E-state index in [0.717, 1.165) is 24.2 Å². The van der Waals surface area contributed by atoms with E-state index in [1.807, 2.05) is 6.92 Å². The summed E-state index contributed by atoms with van der Waals surface area (Å²) in [5.74, 6) is -0.768. The van der Waals surface area contributed by atoms with Crippen molar-refractivity contribution in [2.24, 2.45) is 5.92 Å². The molecule has 7 heteroatoms. The highest BCUT2D eigenvalue weighted by atomic mass is 32.2. The molecule has 1 fully saturated rings. The molecule has 0 aliphatic carbocycles. The Morgan fingerprint density at radius 3 is 2.65 bits per heavy atom. The van der Waals surface area contributed by atoms with Gasteiger partial charge in [0, 0.05) is 17.5 Å². The molecule has 2 atom stereocenters. The van der Waals surface area contributed by atoms with E-state index in [0.29, 0.717) is 17.3 Å². The standard InChI is InChI=1S/C13H19NO4S2/c1-8-5-4-6-14(9(8)2)20(17,18)12-7-11(13(15)16)19-10(12)3/h7-9H,4-6H2,1-3H3,(H,15,16). The van der Waals surface area contributed by atoms with Crippen LogP contribution in [0, 0.1) is 12.8 Å². The number of aryl methyl sites for hydroxylation is 1. The van der Waals surface area contributed by atoms with Crippen LogP contribution in [0.3, 0.4) is 0 Å². The number of rotatable bonds is 3. The number of sulfonamides is 1. The van der Waals surface area contributed by atoms with Crippen LogP contribution < -0.4 is 0 Å². The predicted octanol–water partition coefficient (Wildman–Crippen LogP) is 2.56. The molecule has 0 amide bonds. The van der Waals surface area contributed by atoms with Crippen molar-refractivity contribution in [2.75, 3.05) is 6.54 Å². The van der Waals surface area contributed by atoms with Gasteiger partial charge in [-0.3, -0.25) is 0 Å². The third-order valence-electron chi connectivity index (χ3n) is 3.99. The summed E-state index contributed by atoms with van der Waals surface area (Å²) < 4.78 is 27.0. The summed E-state index contributed by atoms with van der Waals surface area (Å²) in [5, 5.41) is 8.99. The molecule has 2 rings (SSSR count). The van der Waals surface area contributed by atoms with Crippen molar-refractivity contribution >= 4 is 27.3 Å². The molecular weight excluding hydrogens is 298 g/mol. The third kappa shape index (κ3) is 2.62. The number of aromatic carboxylic acids is 1. The lowest BCUT2D eigenvalue weighted by molar-refractivity contribution is 0.0702. The Morgan fingerprint density at radius 2 is 2.10 bits per heavy atom. The van der Waals surface area contributed by atoms with Crippen LogP contribution in [0.4, 0.5) is 0 Å². The lowest BCUT2D eigenvalue weighted by Gasteiger charge is -2.36. The van der Waals surface area contributed by atoms with Crippen LogP contribution in [0.1, 0.15) is 41.2 Å². The number of thiophene rings is 1. The average Bonchev–Trinajstić information content (AvgIpc) is 2.75. The summed E-state index contributed by atoms with van der Waals surface area (Å²) in [5.41, 5.74) is 0. The van der Waals surface area contributed by atoms with E-state index in [4.69, 9.17) is 5.11 Å². The Bertz CT molecular complexity index is 620. The van der Waals surface area contributed by atoms with E-state index < -0.39 is 16.0 Å². The molecule has 5 nitrogen and oxygen atoms in total. The minimum Gasteiger partial charge on any atom is -0.477 e. The minimum absolute atomic E-state index is 0.0543. The zero-order valence-electron chi connectivity index (χ0n) is 11.8. The van der Waals surface area contributed by atoms with Crippen molar-refractivity contribution in [1.29, 1.82) is 0 Å². The largest absolute Gasteiger partial charge is 0.477 e. The second-order valence-corrected chi connectivity index (χ2v) is 8.43. The molecule has 2 unspecified atom stereocenters. The molecule has 1 aliphatic rings. The number of carboxylic acids is 1. The molecule has 1 N–H and O–H groups in total. The zero-order valence-corrected chi connectivity index (χ0v) is 13.4. The van der Waals surface area contributed by atoms with E-state index in [-0.39, 0.29) is 15.8 Å². The Balaban J connectivity index is 2.42. The van der Waals surface area contributed by atoms with Crippen LogP contribution in [0.25, 0.3) is 0 Å². The molecule has 1 aliphatic heterocycles. The Labute approximate surface area is 123 Å². The molecule has 2 heterocycles. The van der Waals surface area contributed by atoms with Gasteiger partial charge >= 0.3 is 5.97 Å². The van der Waals surface area contributed by atoms with Gasteiger partial charge in [-0.25, -0.2) is 13.2 Å². The second kappa shape index (κ2) is 5.46. The van der Waals surface area contributed by atoms with Crippen molar-refractivity contribution in [2.45, 2.75) is 44.6 Å². The first-order valence-corrected chi connectivity index (χ1v) is 8.86. The second-order valence-electron chi connectivity index (χ2n) is 5.31. The van der Waals surface area contributed by atoms with Crippen molar-refractivity contribution in [3.05, 3.63) is 15.8 Å². The monoisotopic (exact) mass is 317 g/mol. The van der Waals surface area contributed by atoms with Crippen molar-refractivity contribution in [1.82, 2.24) is 4.31 Å². The number of nitrogens with zero attached hydrogens (tertiary/aromatic N) is 1. The summed E-state index contributed by atoms with van der Waals surface area (Å²) in [6.45, 7) is 6.13. The normalized spacial score (nSPS) is 24.8. The molecule has 1 aromatic heterocycles. The first-order valence-electron chi connectivity index (χ1n) is 6.60. The Kier molecular flexibility index (Phi) is 4.22. The highest BCUT2D eigenvalue weighted by Crippen LogP contribution is 2.33. The first-order chi connectivity index (χ1) is 9.25. The van der Waals surface area contributed by atoms with Crippen LogP contribution in [-0.4, -0.2) is 36.4 Å². The SMILES string of the molecule is Cc1sc(C(=O)O)cc1S(=O)(=O)N1CCCC(C)C1C. The van der Waals surface area contributed by atoms with Crippen LogP contribution in [0.15, 0.2) is 11.0 Å². The lowest BCUT2D eigenvalue weighted by Crippen LogP contribution is -2.45. The number of hydrogen-bond donors (Lipinski definition) is 1. The third-order valence-corrected chi connectivity index (χ3v) is 7.27. The highest BCUT2D eigenvalue weighted by Gasteiger charge is 2.36. The van der Waals surface area contributed by atoms with Gasteiger partial charge in [0.2, 0.25) is 10.0 Å². The van der Waals surface area contributed by atoms with Gasteiger partial charge in [-0.1, -0.05) is 6.92 Å². The van der Waals surface area contributed by atoms with E-state index in [1.165, 1.54) is 10.4 Å². The predicted molar refractivity (Wildman–Crippen MR) is 77.8 cm³/mol. The van der Waals surface area contributed by atoms with Gasteiger partial charge < -0.3 is 5.11 Å². The maximum absolute atomic E-state index is 12.7.